The highest BCUT2D eigenvalue weighted by atomic mass is 127. The molecule has 0 aliphatic carbocycles. The summed E-state index contributed by atoms with van der Waals surface area (Å²) in [7, 11) is 3.93. The van der Waals surface area contributed by atoms with Gasteiger partial charge in [0.15, 0.2) is 5.96 Å². The molecule has 0 atom stereocenters. The van der Waals surface area contributed by atoms with Crippen LogP contribution in [0.5, 0.6) is 0 Å². The smallest absolute Gasteiger partial charge is 0.193 e. The number of likely N-dealkylation sites (tertiary alicyclic amines) is 1. The van der Waals surface area contributed by atoms with E-state index in [0.717, 1.165) is 36.3 Å². The Hall–Kier alpha value is -1.19. The van der Waals surface area contributed by atoms with Gasteiger partial charge in [0, 0.05) is 32.6 Å². The van der Waals surface area contributed by atoms with Gasteiger partial charge in [-0.3, -0.25) is 9.89 Å². The van der Waals surface area contributed by atoms with Crippen LogP contribution in [0.3, 0.4) is 0 Å². The number of halogens is 1. The molecular formula is C22H34IN5S. The largest absolute Gasteiger partial charge is 0.356 e. The van der Waals surface area contributed by atoms with Crippen LogP contribution in [0.25, 0.3) is 0 Å². The fourth-order valence-electron chi connectivity index (χ4n) is 3.72. The van der Waals surface area contributed by atoms with E-state index in [9.17, 15) is 0 Å². The monoisotopic (exact) mass is 527 g/mol. The van der Waals surface area contributed by atoms with Crippen molar-refractivity contribution in [2.75, 3.05) is 33.7 Å². The molecule has 3 rings (SSSR count). The molecule has 1 aromatic heterocycles. The van der Waals surface area contributed by atoms with Crippen LogP contribution in [0.15, 0.2) is 34.6 Å². The molecule has 1 aliphatic heterocycles. The van der Waals surface area contributed by atoms with E-state index in [2.05, 4.69) is 68.7 Å². The number of piperidine rings is 1. The Bertz CT molecular complexity index is 766. The van der Waals surface area contributed by atoms with Crippen LogP contribution in [0, 0.1) is 19.8 Å². The average Bonchev–Trinajstić information content (AvgIpc) is 3.10. The molecule has 1 saturated heterocycles. The second-order valence-corrected chi connectivity index (χ2v) is 8.91. The fourth-order valence-corrected chi connectivity index (χ4v) is 4.32. The molecule has 1 aliphatic rings. The number of hydrogen-bond donors (Lipinski definition) is 1. The third kappa shape index (κ3) is 7.53. The lowest BCUT2D eigenvalue weighted by molar-refractivity contribution is 0.177. The molecule has 5 nitrogen and oxygen atoms in total. The summed E-state index contributed by atoms with van der Waals surface area (Å²) < 4.78 is 0. The molecular weight excluding hydrogens is 493 g/mol. The maximum Gasteiger partial charge on any atom is 0.193 e. The van der Waals surface area contributed by atoms with Gasteiger partial charge in [-0.1, -0.05) is 29.8 Å². The molecule has 1 fully saturated rings. The molecule has 1 aromatic carbocycles. The van der Waals surface area contributed by atoms with Gasteiger partial charge in [0.1, 0.15) is 0 Å². The maximum atomic E-state index is 4.55. The van der Waals surface area contributed by atoms with E-state index in [1.165, 1.54) is 37.1 Å². The van der Waals surface area contributed by atoms with Crippen LogP contribution in [-0.2, 0) is 13.1 Å². The zero-order valence-electron chi connectivity index (χ0n) is 18.0. The molecule has 0 bridgehead atoms. The molecule has 160 valence electrons. The van der Waals surface area contributed by atoms with Crippen LogP contribution in [0.2, 0.25) is 0 Å². The summed E-state index contributed by atoms with van der Waals surface area (Å²) in [6.07, 6.45) is 2.48. The Morgan fingerprint density at radius 3 is 2.52 bits per heavy atom. The summed E-state index contributed by atoms with van der Waals surface area (Å²) >= 11 is 1.70. The second-order valence-electron chi connectivity index (χ2n) is 7.85. The van der Waals surface area contributed by atoms with Crippen LogP contribution >= 0.6 is 35.3 Å². The predicted octanol–water partition coefficient (Wildman–Crippen LogP) is 4.30. The van der Waals surface area contributed by atoms with E-state index in [0.29, 0.717) is 5.92 Å². The third-order valence-corrected chi connectivity index (χ3v) is 6.24. The molecule has 0 spiro atoms. The number of aromatic nitrogens is 1. The number of rotatable bonds is 6. The number of aryl methyl sites for hydroxylation is 2. The van der Waals surface area contributed by atoms with Gasteiger partial charge in [-0.05, 0) is 51.3 Å². The highest BCUT2D eigenvalue weighted by molar-refractivity contribution is 14.0. The molecule has 0 unspecified atom stereocenters. The fraction of sp³-hybridized carbons (Fsp3) is 0.545. The minimum Gasteiger partial charge on any atom is -0.356 e. The van der Waals surface area contributed by atoms with Crippen molar-refractivity contribution in [2.45, 2.75) is 39.8 Å². The first kappa shape index (κ1) is 24.1. The van der Waals surface area contributed by atoms with Gasteiger partial charge in [-0.25, -0.2) is 4.98 Å². The van der Waals surface area contributed by atoms with Crippen molar-refractivity contribution >= 4 is 41.3 Å². The van der Waals surface area contributed by atoms with Gasteiger partial charge in [0.05, 0.1) is 17.2 Å². The summed E-state index contributed by atoms with van der Waals surface area (Å²) in [6.45, 7) is 9.39. The van der Waals surface area contributed by atoms with Gasteiger partial charge >= 0.3 is 0 Å². The van der Waals surface area contributed by atoms with E-state index in [1.54, 1.807) is 11.3 Å². The molecule has 1 N–H and O–H groups in total. The number of benzene rings is 1. The topological polar surface area (TPSA) is 43.8 Å². The maximum absolute atomic E-state index is 4.55. The number of nitrogens with one attached hydrogen (secondary N) is 1. The summed E-state index contributed by atoms with van der Waals surface area (Å²) in [5.74, 6) is 1.66. The number of hydrogen-bond acceptors (Lipinski definition) is 4. The molecule has 7 heteroatoms. The zero-order valence-corrected chi connectivity index (χ0v) is 21.2. The number of guanidine groups is 1. The zero-order chi connectivity index (χ0) is 19.9. The summed E-state index contributed by atoms with van der Waals surface area (Å²) in [5.41, 5.74) is 3.86. The van der Waals surface area contributed by atoms with Gasteiger partial charge in [-0.15, -0.1) is 35.3 Å². The van der Waals surface area contributed by atoms with Gasteiger partial charge in [-0.2, -0.15) is 0 Å². The number of thiazole rings is 1. The Balaban J connectivity index is 0.00000300. The first-order valence-electron chi connectivity index (χ1n) is 10.1. The predicted molar refractivity (Wildman–Crippen MR) is 134 cm³/mol. The lowest BCUT2D eigenvalue weighted by Crippen LogP contribution is -2.43. The second kappa shape index (κ2) is 11.9. The summed E-state index contributed by atoms with van der Waals surface area (Å²) in [6, 6.07) is 8.93. The van der Waals surface area contributed by atoms with Crippen LogP contribution in [0.1, 0.15) is 34.7 Å². The Kier molecular flexibility index (Phi) is 9.85. The first-order valence-corrected chi connectivity index (χ1v) is 11.0. The van der Waals surface area contributed by atoms with Crippen molar-refractivity contribution < 1.29 is 0 Å². The van der Waals surface area contributed by atoms with E-state index >= 15 is 0 Å². The van der Waals surface area contributed by atoms with Gasteiger partial charge < -0.3 is 10.2 Å². The van der Waals surface area contributed by atoms with Gasteiger partial charge in [0.2, 0.25) is 0 Å². The molecule has 2 aromatic rings. The van der Waals surface area contributed by atoms with Crippen molar-refractivity contribution in [3.05, 3.63) is 51.5 Å². The molecule has 2 heterocycles. The first-order chi connectivity index (χ1) is 13.5. The Labute approximate surface area is 196 Å². The van der Waals surface area contributed by atoms with Crippen molar-refractivity contribution in [3.8, 4) is 0 Å². The normalized spacial score (nSPS) is 15.8. The molecule has 0 saturated carbocycles. The number of aliphatic imine (C=N–C) groups is 1. The Morgan fingerprint density at radius 2 is 1.93 bits per heavy atom. The third-order valence-electron chi connectivity index (χ3n) is 5.42. The van der Waals surface area contributed by atoms with Crippen LogP contribution in [0.4, 0.5) is 0 Å². The molecule has 0 amide bonds. The van der Waals surface area contributed by atoms with Crippen LogP contribution < -0.4 is 5.32 Å². The van der Waals surface area contributed by atoms with E-state index in [1.807, 2.05) is 14.0 Å². The highest BCUT2D eigenvalue weighted by Crippen LogP contribution is 2.19. The van der Waals surface area contributed by atoms with Gasteiger partial charge in [0.25, 0.3) is 0 Å². The summed E-state index contributed by atoms with van der Waals surface area (Å²) in [4.78, 5) is 13.7. The van der Waals surface area contributed by atoms with Crippen LogP contribution in [-0.4, -0.2) is 54.5 Å². The average molecular weight is 528 g/mol. The van der Waals surface area contributed by atoms with Crippen molar-refractivity contribution in [3.63, 3.8) is 0 Å². The highest BCUT2D eigenvalue weighted by Gasteiger charge is 2.20. The van der Waals surface area contributed by atoms with Crippen molar-refractivity contribution in [2.24, 2.45) is 10.9 Å². The quantitative estimate of drug-likeness (QED) is 0.346. The minimum atomic E-state index is 0. The Morgan fingerprint density at radius 1 is 1.24 bits per heavy atom. The summed E-state index contributed by atoms with van der Waals surface area (Å²) in [5, 5.41) is 6.81. The number of nitrogens with zero attached hydrogens (tertiary/aromatic N) is 4. The van der Waals surface area contributed by atoms with Crippen molar-refractivity contribution in [1.82, 2.24) is 20.1 Å². The molecule has 29 heavy (non-hydrogen) atoms. The van der Waals surface area contributed by atoms with E-state index in [4.69, 9.17) is 0 Å². The lowest BCUT2D eigenvalue weighted by Gasteiger charge is -2.33. The standard InChI is InChI=1S/C22H33N5S.HI/c1-17-5-7-20(8-6-17)14-27-11-9-19(10-12-27)13-24-22(23-3)26(4)15-21-16-28-18(2)25-21;/h5-8,16,19H,9-15H2,1-4H3,(H,23,24);1H. The lowest BCUT2D eigenvalue weighted by atomic mass is 9.96. The minimum absolute atomic E-state index is 0. The SMILES string of the molecule is CN=C(NCC1CCN(Cc2ccc(C)cc2)CC1)N(C)Cc1csc(C)n1.I. The van der Waals surface area contributed by atoms with E-state index < -0.39 is 0 Å². The van der Waals surface area contributed by atoms with E-state index in [-0.39, 0.29) is 24.0 Å². The van der Waals surface area contributed by atoms with Crippen molar-refractivity contribution in [1.29, 1.82) is 0 Å². The molecule has 0 radical (unpaired) electrons.